The molecule has 46 heavy (non-hydrogen) atoms. The first-order chi connectivity index (χ1) is 22.8. The monoisotopic (exact) mass is 586 g/mol. The van der Waals surface area contributed by atoms with E-state index in [1.54, 1.807) is 0 Å². The molecular formula is C44H26O2. The van der Waals surface area contributed by atoms with Crippen molar-refractivity contribution in [2.45, 2.75) is 0 Å². The fourth-order valence-electron chi connectivity index (χ4n) is 7.43. The second-order valence-corrected chi connectivity index (χ2v) is 12.0. The van der Waals surface area contributed by atoms with Crippen molar-refractivity contribution < 1.29 is 8.83 Å². The molecule has 0 unspecified atom stereocenters. The average molecular weight is 587 g/mol. The summed E-state index contributed by atoms with van der Waals surface area (Å²) < 4.78 is 12.8. The molecule has 2 nitrogen and oxygen atoms in total. The van der Waals surface area contributed by atoms with Crippen LogP contribution in [0.4, 0.5) is 0 Å². The van der Waals surface area contributed by atoms with E-state index in [-0.39, 0.29) is 0 Å². The lowest BCUT2D eigenvalue weighted by molar-refractivity contribution is 0.663. The Morgan fingerprint density at radius 2 is 0.848 bits per heavy atom. The van der Waals surface area contributed by atoms with Crippen LogP contribution in [0.2, 0.25) is 0 Å². The smallest absolute Gasteiger partial charge is 0.147 e. The summed E-state index contributed by atoms with van der Waals surface area (Å²) in [6.45, 7) is 0. The lowest BCUT2D eigenvalue weighted by atomic mass is 9.85. The quantitative estimate of drug-likeness (QED) is 0.193. The van der Waals surface area contributed by atoms with Crippen LogP contribution in [0.15, 0.2) is 167 Å². The van der Waals surface area contributed by atoms with Gasteiger partial charge in [0, 0.05) is 16.2 Å². The zero-order chi connectivity index (χ0) is 30.2. The standard InChI is InChI=1S/C44H26O2/c1-2-11-27(12-3-1)41-32-15-4-6-17-34(32)42(35-18-7-5-16-33(35)41)30-14-10-13-28(25-30)29-21-22-31-36-23-24-39-43(44(36)46-40(31)26-29)37-19-8-9-20-38(37)45-39/h1-26H. The Hall–Kier alpha value is -6.12. The van der Waals surface area contributed by atoms with E-state index in [1.165, 1.54) is 43.8 Å². The van der Waals surface area contributed by atoms with Crippen molar-refractivity contribution >= 4 is 65.4 Å². The molecule has 0 N–H and O–H groups in total. The van der Waals surface area contributed by atoms with Crippen LogP contribution in [0.3, 0.4) is 0 Å². The molecule has 0 bridgehead atoms. The maximum absolute atomic E-state index is 6.62. The lowest BCUT2D eigenvalue weighted by Crippen LogP contribution is -1.91. The van der Waals surface area contributed by atoms with Gasteiger partial charge in [0.2, 0.25) is 0 Å². The van der Waals surface area contributed by atoms with Gasteiger partial charge in [0.25, 0.3) is 0 Å². The summed E-state index contributed by atoms with van der Waals surface area (Å²) in [4.78, 5) is 0. The van der Waals surface area contributed by atoms with E-state index in [0.29, 0.717) is 0 Å². The third-order valence-electron chi connectivity index (χ3n) is 9.46. The molecule has 0 aliphatic carbocycles. The van der Waals surface area contributed by atoms with Gasteiger partial charge in [-0.05, 0) is 91.3 Å². The van der Waals surface area contributed by atoms with E-state index < -0.39 is 0 Å². The molecule has 214 valence electrons. The van der Waals surface area contributed by atoms with E-state index in [4.69, 9.17) is 8.83 Å². The third kappa shape index (κ3) is 3.65. The fourth-order valence-corrected chi connectivity index (χ4v) is 7.43. The number of hydrogen-bond acceptors (Lipinski definition) is 2. The highest BCUT2D eigenvalue weighted by Crippen LogP contribution is 2.45. The topological polar surface area (TPSA) is 26.3 Å². The largest absolute Gasteiger partial charge is 0.456 e. The summed E-state index contributed by atoms with van der Waals surface area (Å²) in [5, 5.41) is 9.34. The van der Waals surface area contributed by atoms with Gasteiger partial charge in [-0.3, -0.25) is 0 Å². The molecule has 0 aliphatic rings. The minimum atomic E-state index is 0.846. The molecule has 10 aromatic rings. The highest BCUT2D eigenvalue weighted by molar-refractivity contribution is 6.23. The average Bonchev–Trinajstić information content (AvgIpc) is 3.69. The summed E-state index contributed by atoms with van der Waals surface area (Å²) in [6.07, 6.45) is 0. The van der Waals surface area contributed by atoms with Gasteiger partial charge in [-0.1, -0.05) is 121 Å². The van der Waals surface area contributed by atoms with Crippen LogP contribution in [-0.4, -0.2) is 0 Å². The van der Waals surface area contributed by atoms with Crippen LogP contribution < -0.4 is 0 Å². The summed E-state index contributed by atoms with van der Waals surface area (Å²) in [6, 6.07) is 56.2. The Morgan fingerprint density at radius 3 is 1.59 bits per heavy atom. The number of fused-ring (bicyclic) bond motifs is 9. The first-order valence-electron chi connectivity index (χ1n) is 15.7. The van der Waals surface area contributed by atoms with Gasteiger partial charge in [-0.15, -0.1) is 0 Å². The van der Waals surface area contributed by atoms with Gasteiger partial charge in [0.1, 0.15) is 22.3 Å². The van der Waals surface area contributed by atoms with Crippen LogP contribution in [0.25, 0.3) is 98.8 Å². The SMILES string of the molecule is c1ccc(-c2c3ccccc3c(-c3cccc(-c4ccc5c(c4)oc4c5ccc5oc6ccccc6c54)c3)c3ccccc23)cc1. The first kappa shape index (κ1) is 25.2. The number of rotatable bonds is 3. The maximum atomic E-state index is 6.62. The zero-order valence-electron chi connectivity index (χ0n) is 24.8. The van der Waals surface area contributed by atoms with Gasteiger partial charge >= 0.3 is 0 Å². The Morgan fingerprint density at radius 1 is 0.283 bits per heavy atom. The molecule has 2 aromatic heterocycles. The molecule has 0 saturated carbocycles. The highest BCUT2D eigenvalue weighted by Gasteiger charge is 2.18. The summed E-state index contributed by atoms with van der Waals surface area (Å²) in [5.41, 5.74) is 10.7. The van der Waals surface area contributed by atoms with Crippen LogP contribution in [0, 0.1) is 0 Å². The predicted octanol–water partition coefficient (Wildman–Crippen LogP) is 12.8. The van der Waals surface area contributed by atoms with E-state index in [1.807, 2.05) is 18.2 Å². The molecule has 0 fully saturated rings. The van der Waals surface area contributed by atoms with Crippen LogP contribution in [0.5, 0.6) is 0 Å². The van der Waals surface area contributed by atoms with Gasteiger partial charge in [-0.25, -0.2) is 0 Å². The van der Waals surface area contributed by atoms with Gasteiger partial charge in [0.05, 0.1) is 5.39 Å². The van der Waals surface area contributed by atoms with Crippen molar-refractivity contribution in [1.29, 1.82) is 0 Å². The van der Waals surface area contributed by atoms with Crippen molar-refractivity contribution in [3.63, 3.8) is 0 Å². The molecule has 0 spiro atoms. The molecule has 2 heterocycles. The minimum absolute atomic E-state index is 0.846. The second kappa shape index (κ2) is 9.69. The molecule has 0 atom stereocenters. The Bertz CT molecular complexity index is 2740. The van der Waals surface area contributed by atoms with Crippen LogP contribution in [-0.2, 0) is 0 Å². The van der Waals surface area contributed by atoms with Crippen molar-refractivity contribution in [2.24, 2.45) is 0 Å². The Balaban J connectivity index is 1.17. The Kier molecular flexibility index (Phi) is 5.31. The molecule has 0 amide bonds. The minimum Gasteiger partial charge on any atom is -0.456 e. The van der Waals surface area contributed by atoms with Crippen molar-refractivity contribution in [1.82, 2.24) is 0 Å². The number of benzene rings is 8. The van der Waals surface area contributed by atoms with Gasteiger partial charge in [0.15, 0.2) is 0 Å². The predicted molar refractivity (Wildman–Crippen MR) is 192 cm³/mol. The molecule has 0 radical (unpaired) electrons. The van der Waals surface area contributed by atoms with Crippen LogP contribution >= 0.6 is 0 Å². The summed E-state index contributed by atoms with van der Waals surface area (Å²) >= 11 is 0. The Labute approximate surface area is 264 Å². The second-order valence-electron chi connectivity index (χ2n) is 12.0. The normalized spacial score (nSPS) is 11.9. The lowest BCUT2D eigenvalue weighted by Gasteiger charge is -2.18. The van der Waals surface area contributed by atoms with E-state index in [0.717, 1.165) is 55.0 Å². The summed E-state index contributed by atoms with van der Waals surface area (Å²) in [7, 11) is 0. The number of furan rings is 2. The number of para-hydroxylation sites is 1. The van der Waals surface area contributed by atoms with E-state index >= 15 is 0 Å². The molecular weight excluding hydrogens is 560 g/mol. The summed E-state index contributed by atoms with van der Waals surface area (Å²) in [5.74, 6) is 0. The van der Waals surface area contributed by atoms with E-state index in [2.05, 4.69) is 140 Å². The van der Waals surface area contributed by atoms with E-state index in [9.17, 15) is 0 Å². The maximum Gasteiger partial charge on any atom is 0.147 e. The highest BCUT2D eigenvalue weighted by atomic mass is 16.3. The van der Waals surface area contributed by atoms with Crippen LogP contribution in [0.1, 0.15) is 0 Å². The first-order valence-corrected chi connectivity index (χ1v) is 15.7. The van der Waals surface area contributed by atoms with Crippen molar-refractivity contribution in [3.05, 3.63) is 158 Å². The van der Waals surface area contributed by atoms with Crippen molar-refractivity contribution in [2.75, 3.05) is 0 Å². The molecule has 10 rings (SSSR count). The molecule has 2 heteroatoms. The third-order valence-corrected chi connectivity index (χ3v) is 9.46. The fraction of sp³-hybridized carbons (Fsp3) is 0. The van der Waals surface area contributed by atoms with Gasteiger partial charge in [-0.2, -0.15) is 0 Å². The van der Waals surface area contributed by atoms with Crippen molar-refractivity contribution in [3.8, 4) is 33.4 Å². The zero-order valence-corrected chi connectivity index (χ0v) is 24.8. The number of hydrogen-bond donors (Lipinski definition) is 0. The molecule has 0 aliphatic heterocycles. The molecule has 0 saturated heterocycles. The van der Waals surface area contributed by atoms with Gasteiger partial charge < -0.3 is 8.83 Å². The molecule has 8 aromatic carbocycles.